The van der Waals surface area contributed by atoms with Gasteiger partial charge in [0.15, 0.2) is 0 Å². The number of rotatable bonds is 6. The van der Waals surface area contributed by atoms with Crippen LogP contribution in [0.1, 0.15) is 18.4 Å². The Balaban J connectivity index is 1.55. The van der Waals surface area contributed by atoms with Crippen molar-refractivity contribution in [1.82, 2.24) is 14.8 Å². The summed E-state index contributed by atoms with van der Waals surface area (Å²) in [5.74, 6) is -0.196. The number of hydrogen-bond donors (Lipinski definition) is 0. The number of hydrogen-bond acceptors (Lipinski definition) is 4. The van der Waals surface area contributed by atoms with E-state index >= 15 is 0 Å². The van der Waals surface area contributed by atoms with Gasteiger partial charge in [0.05, 0.1) is 5.92 Å². The first-order chi connectivity index (χ1) is 15.2. The zero-order chi connectivity index (χ0) is 21.6. The zero-order valence-electron chi connectivity index (χ0n) is 17.8. The van der Waals surface area contributed by atoms with Crippen molar-refractivity contribution in [2.45, 2.75) is 25.4 Å². The van der Waals surface area contributed by atoms with Crippen molar-refractivity contribution in [2.24, 2.45) is 5.92 Å². The van der Waals surface area contributed by atoms with E-state index < -0.39 is 0 Å². The van der Waals surface area contributed by atoms with Crippen LogP contribution >= 0.6 is 0 Å². The molecule has 2 unspecified atom stereocenters. The molecule has 162 valence electrons. The Morgan fingerprint density at radius 3 is 2.77 bits per heavy atom. The third kappa shape index (κ3) is 5.02. The van der Waals surface area contributed by atoms with Crippen molar-refractivity contribution in [1.29, 1.82) is 0 Å². The third-order valence-electron chi connectivity index (χ3n) is 6.03. The second-order valence-corrected chi connectivity index (χ2v) is 8.20. The topological polar surface area (TPSA) is 62.7 Å². The van der Waals surface area contributed by atoms with E-state index in [9.17, 15) is 9.59 Å². The normalized spacial score (nSPS) is 21.7. The highest BCUT2D eigenvalue weighted by Gasteiger charge is 2.35. The highest BCUT2D eigenvalue weighted by molar-refractivity contribution is 5.84. The van der Waals surface area contributed by atoms with Crippen molar-refractivity contribution in [2.75, 3.05) is 32.8 Å². The van der Waals surface area contributed by atoms with Crippen LogP contribution in [0.5, 0.6) is 0 Å². The van der Waals surface area contributed by atoms with Crippen molar-refractivity contribution in [3.63, 3.8) is 0 Å². The quantitative estimate of drug-likeness (QED) is 0.676. The van der Waals surface area contributed by atoms with Gasteiger partial charge in [-0.2, -0.15) is 0 Å². The van der Waals surface area contributed by atoms with Crippen LogP contribution in [0.2, 0.25) is 0 Å². The molecule has 31 heavy (non-hydrogen) atoms. The van der Waals surface area contributed by atoms with Gasteiger partial charge >= 0.3 is 0 Å². The molecule has 0 spiro atoms. The second-order valence-electron chi connectivity index (χ2n) is 8.20. The van der Waals surface area contributed by atoms with Crippen LogP contribution in [0.4, 0.5) is 0 Å². The van der Waals surface area contributed by atoms with Crippen LogP contribution in [0.25, 0.3) is 11.1 Å². The van der Waals surface area contributed by atoms with E-state index in [1.54, 1.807) is 18.5 Å². The summed E-state index contributed by atoms with van der Waals surface area (Å²) < 4.78 is 5.62. The molecule has 2 aliphatic heterocycles. The first kappa shape index (κ1) is 21.2. The predicted octanol–water partition coefficient (Wildman–Crippen LogP) is 2.94. The molecular weight excluding hydrogens is 390 g/mol. The highest BCUT2D eigenvalue weighted by Crippen LogP contribution is 2.24. The minimum Gasteiger partial charge on any atom is -0.368 e. The number of benzene rings is 1. The maximum absolute atomic E-state index is 13.3. The molecular formula is C25H29N3O3. The smallest absolute Gasteiger partial charge is 0.251 e. The fourth-order valence-corrected chi connectivity index (χ4v) is 4.42. The lowest BCUT2D eigenvalue weighted by Crippen LogP contribution is -2.42. The molecule has 2 aromatic rings. The van der Waals surface area contributed by atoms with Gasteiger partial charge < -0.3 is 14.5 Å². The van der Waals surface area contributed by atoms with Crippen molar-refractivity contribution in [3.05, 3.63) is 67.0 Å². The van der Waals surface area contributed by atoms with Crippen molar-refractivity contribution < 1.29 is 14.3 Å². The van der Waals surface area contributed by atoms with E-state index in [1.165, 1.54) is 0 Å². The molecule has 3 heterocycles. The monoisotopic (exact) mass is 419 g/mol. The first-order valence-corrected chi connectivity index (χ1v) is 10.9. The maximum atomic E-state index is 13.3. The molecule has 0 N–H and O–H groups in total. The molecule has 6 nitrogen and oxygen atoms in total. The molecule has 1 aromatic heterocycles. The number of amides is 2. The molecule has 1 aromatic carbocycles. The summed E-state index contributed by atoms with van der Waals surface area (Å²) in [6.07, 6.45) is 7.20. The molecule has 2 fully saturated rings. The minimum absolute atomic E-state index is 0.0151. The van der Waals surface area contributed by atoms with Gasteiger partial charge in [-0.15, -0.1) is 6.58 Å². The maximum Gasteiger partial charge on any atom is 0.251 e. The molecule has 4 rings (SSSR count). The highest BCUT2D eigenvalue weighted by atomic mass is 16.5. The van der Waals surface area contributed by atoms with Crippen LogP contribution in [0, 0.1) is 5.92 Å². The third-order valence-corrected chi connectivity index (χ3v) is 6.03. The standard InChI is InChI=1S/C25H29N3O3/c1-2-12-27-13-14-28(25(30)23-7-4-15-31-23)18-22(24(27)29)17-19-5-3-6-21(16-19)20-8-10-26-11-9-20/h2-3,5-6,8-11,16,22-23H,1,4,7,12-15,17-18H2. The van der Waals surface area contributed by atoms with Crippen LogP contribution < -0.4 is 0 Å². The van der Waals surface area contributed by atoms with E-state index in [0.717, 1.165) is 29.5 Å². The Morgan fingerprint density at radius 2 is 2.03 bits per heavy atom. The van der Waals surface area contributed by atoms with E-state index in [2.05, 4.69) is 23.7 Å². The number of ether oxygens (including phenoxy) is 1. The Bertz CT molecular complexity index is 925. The second kappa shape index (κ2) is 9.88. The van der Waals surface area contributed by atoms with Crippen LogP contribution in [-0.2, 0) is 20.7 Å². The average Bonchev–Trinajstić information content (AvgIpc) is 3.30. The number of pyridine rings is 1. The Hall–Kier alpha value is -2.99. The lowest BCUT2D eigenvalue weighted by atomic mass is 9.95. The summed E-state index contributed by atoms with van der Waals surface area (Å²) in [6, 6.07) is 12.2. The molecule has 0 aliphatic carbocycles. The molecule has 2 aliphatic rings. The summed E-state index contributed by atoms with van der Waals surface area (Å²) in [6.45, 7) is 6.40. The zero-order valence-corrected chi connectivity index (χ0v) is 17.8. The first-order valence-electron chi connectivity index (χ1n) is 10.9. The molecule has 0 radical (unpaired) electrons. The summed E-state index contributed by atoms with van der Waals surface area (Å²) in [7, 11) is 0. The van der Waals surface area contributed by atoms with Crippen LogP contribution in [-0.4, -0.2) is 65.5 Å². The minimum atomic E-state index is -0.364. The fourth-order valence-electron chi connectivity index (χ4n) is 4.42. The lowest BCUT2D eigenvalue weighted by molar-refractivity contribution is -0.141. The van der Waals surface area contributed by atoms with Gasteiger partial charge in [-0.25, -0.2) is 0 Å². The van der Waals surface area contributed by atoms with Gasteiger partial charge in [-0.1, -0.05) is 30.3 Å². The van der Waals surface area contributed by atoms with E-state index in [0.29, 0.717) is 39.2 Å². The predicted molar refractivity (Wildman–Crippen MR) is 119 cm³/mol. The fraction of sp³-hybridized carbons (Fsp3) is 0.400. The SMILES string of the molecule is C=CCN1CCN(C(=O)C2CCCO2)CC(Cc2cccc(-c3ccncc3)c2)C1=O. The summed E-state index contributed by atoms with van der Waals surface area (Å²) >= 11 is 0. The van der Waals surface area contributed by atoms with Crippen LogP contribution in [0.15, 0.2) is 61.4 Å². The Kier molecular flexibility index (Phi) is 6.77. The average molecular weight is 420 g/mol. The molecule has 0 saturated carbocycles. The van der Waals surface area contributed by atoms with Gasteiger partial charge in [-0.3, -0.25) is 14.6 Å². The summed E-state index contributed by atoms with van der Waals surface area (Å²) in [5.41, 5.74) is 3.27. The molecule has 2 atom stereocenters. The van der Waals surface area contributed by atoms with Crippen LogP contribution in [0.3, 0.4) is 0 Å². The van der Waals surface area contributed by atoms with Gasteiger partial charge in [-0.05, 0) is 48.1 Å². The van der Waals surface area contributed by atoms with E-state index in [4.69, 9.17) is 4.74 Å². The van der Waals surface area contributed by atoms with E-state index in [-0.39, 0.29) is 23.8 Å². The number of nitrogens with zero attached hydrogens (tertiary/aromatic N) is 3. The Labute approximate surface area is 183 Å². The summed E-state index contributed by atoms with van der Waals surface area (Å²) in [5, 5.41) is 0. The van der Waals surface area contributed by atoms with Gasteiger partial charge in [0, 0.05) is 45.2 Å². The van der Waals surface area contributed by atoms with Gasteiger partial charge in [0.25, 0.3) is 5.91 Å². The Morgan fingerprint density at radius 1 is 1.19 bits per heavy atom. The number of aromatic nitrogens is 1. The van der Waals surface area contributed by atoms with Gasteiger partial charge in [0.1, 0.15) is 6.10 Å². The number of carbonyl (C=O) groups excluding carboxylic acids is 2. The number of carbonyl (C=O) groups is 2. The summed E-state index contributed by atoms with van der Waals surface area (Å²) in [4.78, 5) is 34.0. The van der Waals surface area contributed by atoms with Gasteiger partial charge in [0.2, 0.25) is 5.91 Å². The molecule has 0 bridgehead atoms. The molecule has 2 amide bonds. The van der Waals surface area contributed by atoms with Crippen molar-refractivity contribution in [3.8, 4) is 11.1 Å². The largest absolute Gasteiger partial charge is 0.368 e. The molecule has 6 heteroatoms. The van der Waals surface area contributed by atoms with Crippen molar-refractivity contribution >= 4 is 11.8 Å². The van der Waals surface area contributed by atoms with E-state index in [1.807, 2.05) is 34.1 Å². The molecule has 2 saturated heterocycles. The lowest BCUT2D eigenvalue weighted by Gasteiger charge is -2.25.